The molecule has 1 amide bonds. The van der Waals surface area contributed by atoms with E-state index in [1.165, 1.54) is 49.3 Å². The maximum atomic E-state index is 12.0. The van der Waals surface area contributed by atoms with Gasteiger partial charge in [-0.25, -0.2) is 0 Å². The average Bonchev–Trinajstić information content (AvgIpc) is 2.61. The van der Waals surface area contributed by atoms with Gasteiger partial charge in [0.25, 0.3) is 5.69 Å². The van der Waals surface area contributed by atoms with Crippen LogP contribution in [0.2, 0.25) is 5.02 Å². The summed E-state index contributed by atoms with van der Waals surface area (Å²) in [6.45, 7) is 2.78. The van der Waals surface area contributed by atoms with Gasteiger partial charge in [0.05, 0.1) is 4.92 Å². The number of benzene rings is 1. The summed E-state index contributed by atoms with van der Waals surface area (Å²) in [6.07, 6.45) is 8.17. The van der Waals surface area contributed by atoms with Crippen LogP contribution in [0.5, 0.6) is 0 Å². The van der Waals surface area contributed by atoms with E-state index in [4.69, 9.17) is 11.6 Å². The average molecular weight is 399 g/mol. The third-order valence-electron chi connectivity index (χ3n) is 3.60. The number of thioether (sulfide) groups is 1. The Morgan fingerprint density at radius 2 is 1.92 bits per heavy atom. The summed E-state index contributed by atoms with van der Waals surface area (Å²) in [5.41, 5.74) is -0.165. The molecule has 1 N–H and O–H groups in total. The number of nitro benzene ring substituents is 1. The van der Waals surface area contributed by atoms with Crippen molar-refractivity contribution in [3.8, 4) is 0 Å². The minimum atomic E-state index is -0.644. The minimum absolute atomic E-state index is 0.0267. The van der Waals surface area contributed by atoms with Crippen LogP contribution in [-0.2, 0) is 4.79 Å². The normalized spacial score (nSPS) is 10.8. The Morgan fingerprint density at radius 1 is 1.23 bits per heavy atom. The summed E-state index contributed by atoms with van der Waals surface area (Å²) in [5, 5.41) is 14.5. The third-order valence-corrected chi connectivity index (χ3v) is 4.64. The Balaban J connectivity index is 2.34. The lowest BCUT2D eigenvalue weighted by Crippen LogP contribution is -2.21. The molecule has 0 spiro atoms. The maximum Gasteiger partial charge on any atom is 0.288 e. The van der Waals surface area contributed by atoms with Crippen LogP contribution in [0.3, 0.4) is 0 Å². The molecule has 1 aromatic carbocycles. The fourth-order valence-corrected chi connectivity index (χ4v) is 2.95. The molecule has 0 aromatic heterocycles. The van der Waals surface area contributed by atoms with Gasteiger partial charge in [-0.15, -0.1) is 0 Å². The molecule has 0 aliphatic heterocycles. The number of amides is 1. The number of nitro groups is 1. The van der Waals surface area contributed by atoms with Gasteiger partial charge in [0.15, 0.2) is 0 Å². The molecule has 0 radical (unpaired) electrons. The summed E-state index contributed by atoms with van der Waals surface area (Å²) in [7, 11) is 0. The molecule has 0 aliphatic rings. The van der Waals surface area contributed by atoms with E-state index in [0.717, 1.165) is 30.7 Å². The van der Waals surface area contributed by atoms with E-state index in [9.17, 15) is 19.7 Å². The van der Waals surface area contributed by atoms with E-state index >= 15 is 0 Å². The van der Waals surface area contributed by atoms with Gasteiger partial charge in [-0.1, -0.05) is 62.4 Å². The Bertz CT molecular complexity index is 665. The highest BCUT2D eigenvalue weighted by molar-refractivity contribution is 8.16. The fraction of sp³-hybridized carbons (Fsp3) is 0.444. The number of hydrogen-bond acceptors (Lipinski definition) is 5. The second-order valence-electron chi connectivity index (χ2n) is 5.69. The number of unbranched alkanes of at least 4 members (excludes halogenated alkanes) is 5. The van der Waals surface area contributed by atoms with E-state index < -0.39 is 10.0 Å². The van der Waals surface area contributed by atoms with Crippen LogP contribution >= 0.6 is 23.4 Å². The smallest absolute Gasteiger partial charge is 0.288 e. The number of hydrogen-bond donors (Lipinski definition) is 1. The molecule has 0 unspecified atom stereocenters. The molecule has 6 nitrogen and oxygen atoms in total. The monoisotopic (exact) mass is 398 g/mol. The first-order chi connectivity index (χ1) is 12.5. The number of carbonyl (C=O) groups is 2. The molecule has 0 saturated carbocycles. The van der Waals surface area contributed by atoms with Crippen molar-refractivity contribution < 1.29 is 14.5 Å². The third kappa shape index (κ3) is 8.49. The first-order valence-electron chi connectivity index (χ1n) is 8.55. The maximum absolute atomic E-state index is 12.0. The molecule has 0 bridgehead atoms. The first-order valence-corrected chi connectivity index (χ1v) is 9.80. The lowest BCUT2D eigenvalue weighted by Gasteiger charge is -2.02. The molecular weight excluding hydrogens is 376 g/mol. The van der Waals surface area contributed by atoms with Crippen molar-refractivity contribution in [1.82, 2.24) is 5.32 Å². The van der Waals surface area contributed by atoms with Gasteiger partial charge < -0.3 is 5.32 Å². The number of carbonyl (C=O) groups excluding carboxylic acids is 2. The molecule has 8 heteroatoms. The van der Waals surface area contributed by atoms with E-state index in [-0.39, 0.29) is 22.2 Å². The topological polar surface area (TPSA) is 89.3 Å². The number of halogens is 1. The predicted octanol–water partition coefficient (Wildman–Crippen LogP) is 5.11. The molecule has 142 valence electrons. The van der Waals surface area contributed by atoms with Gasteiger partial charge in [-0.3, -0.25) is 19.7 Å². The highest BCUT2D eigenvalue weighted by atomic mass is 35.5. The van der Waals surface area contributed by atoms with Gasteiger partial charge in [0.2, 0.25) is 11.0 Å². The minimum Gasteiger partial charge on any atom is -0.353 e. The van der Waals surface area contributed by atoms with Crippen LogP contribution in [0, 0.1) is 10.1 Å². The van der Waals surface area contributed by atoms with Crippen molar-refractivity contribution in [3.05, 3.63) is 50.4 Å². The zero-order valence-corrected chi connectivity index (χ0v) is 16.3. The molecule has 0 fully saturated rings. The van der Waals surface area contributed by atoms with Crippen LogP contribution in [0.4, 0.5) is 5.69 Å². The van der Waals surface area contributed by atoms with Crippen molar-refractivity contribution in [2.45, 2.75) is 45.4 Å². The number of rotatable bonds is 11. The first kappa shape index (κ1) is 22.2. The second kappa shape index (κ2) is 12.5. The van der Waals surface area contributed by atoms with Crippen molar-refractivity contribution in [2.24, 2.45) is 0 Å². The Kier molecular flexibility index (Phi) is 10.7. The largest absolute Gasteiger partial charge is 0.353 e. The zero-order valence-electron chi connectivity index (χ0n) is 14.7. The standard InChI is InChI=1S/C18H23ClN2O4S/c1-2-3-4-5-6-7-11-20-17(22)10-12-26-18(23)14-8-9-15(19)16(13-14)21(24)25/h8-10,12-13H,2-7,11H2,1H3,(H,20,22). The number of nitrogens with one attached hydrogen (secondary N) is 1. The van der Waals surface area contributed by atoms with Crippen LogP contribution < -0.4 is 5.32 Å². The van der Waals surface area contributed by atoms with Gasteiger partial charge in [0, 0.05) is 24.3 Å². The van der Waals surface area contributed by atoms with Crippen molar-refractivity contribution >= 4 is 40.1 Å². The van der Waals surface area contributed by atoms with Crippen molar-refractivity contribution in [2.75, 3.05) is 6.54 Å². The highest BCUT2D eigenvalue weighted by Gasteiger charge is 2.16. The molecule has 0 heterocycles. The summed E-state index contributed by atoms with van der Waals surface area (Å²) in [5.74, 6) is -0.263. The highest BCUT2D eigenvalue weighted by Crippen LogP contribution is 2.27. The van der Waals surface area contributed by atoms with Gasteiger partial charge in [0.1, 0.15) is 5.02 Å². The Morgan fingerprint density at radius 3 is 2.62 bits per heavy atom. The van der Waals surface area contributed by atoms with Crippen LogP contribution in [-0.4, -0.2) is 22.5 Å². The Hall–Kier alpha value is -1.86. The van der Waals surface area contributed by atoms with Crippen LogP contribution in [0.25, 0.3) is 0 Å². The second-order valence-corrected chi connectivity index (χ2v) is 6.98. The lowest BCUT2D eigenvalue weighted by molar-refractivity contribution is -0.384. The number of nitrogens with zero attached hydrogens (tertiary/aromatic N) is 1. The van der Waals surface area contributed by atoms with Crippen LogP contribution in [0.15, 0.2) is 29.7 Å². The summed E-state index contributed by atoms with van der Waals surface area (Å²) >= 11 is 6.50. The molecule has 26 heavy (non-hydrogen) atoms. The quantitative estimate of drug-likeness (QED) is 0.242. The lowest BCUT2D eigenvalue weighted by atomic mass is 10.1. The van der Waals surface area contributed by atoms with Crippen molar-refractivity contribution in [3.63, 3.8) is 0 Å². The SMILES string of the molecule is CCCCCCCCNC(=O)C=CSC(=O)c1ccc(Cl)c([N+](=O)[O-])c1. The van der Waals surface area contributed by atoms with E-state index in [2.05, 4.69) is 12.2 Å². The van der Waals surface area contributed by atoms with Crippen LogP contribution in [0.1, 0.15) is 55.8 Å². The molecule has 0 atom stereocenters. The van der Waals surface area contributed by atoms with E-state index in [1.54, 1.807) is 0 Å². The summed E-state index contributed by atoms with van der Waals surface area (Å²) < 4.78 is 0. The van der Waals surface area contributed by atoms with E-state index in [0.29, 0.717) is 6.54 Å². The summed E-state index contributed by atoms with van der Waals surface area (Å²) in [4.78, 5) is 33.9. The molecule has 0 saturated heterocycles. The van der Waals surface area contributed by atoms with Crippen molar-refractivity contribution in [1.29, 1.82) is 0 Å². The predicted molar refractivity (Wildman–Crippen MR) is 106 cm³/mol. The fourth-order valence-electron chi connectivity index (χ4n) is 2.18. The Labute approximate surface area is 162 Å². The van der Waals surface area contributed by atoms with E-state index in [1.807, 2.05) is 0 Å². The molecule has 1 rings (SSSR count). The zero-order chi connectivity index (χ0) is 19.4. The molecule has 0 aliphatic carbocycles. The molecular formula is C18H23ClN2O4S. The summed E-state index contributed by atoms with van der Waals surface area (Å²) in [6, 6.07) is 3.85. The van der Waals surface area contributed by atoms with Gasteiger partial charge in [-0.2, -0.15) is 0 Å². The van der Waals surface area contributed by atoms with Gasteiger partial charge >= 0.3 is 0 Å². The molecule has 1 aromatic rings. The van der Waals surface area contributed by atoms with Gasteiger partial charge in [-0.05, 0) is 24.0 Å².